The Bertz CT molecular complexity index is 1150. The first-order valence-electron chi connectivity index (χ1n) is 10.2. The van der Waals surface area contributed by atoms with Crippen LogP contribution < -0.4 is 5.32 Å². The molecule has 1 N–H and O–H groups in total. The summed E-state index contributed by atoms with van der Waals surface area (Å²) in [6.07, 6.45) is 7.19. The van der Waals surface area contributed by atoms with E-state index < -0.39 is 0 Å². The van der Waals surface area contributed by atoms with Crippen molar-refractivity contribution in [3.63, 3.8) is 0 Å². The van der Waals surface area contributed by atoms with Crippen molar-refractivity contribution in [1.29, 1.82) is 0 Å². The molecular formula is C23H25N5O2S. The lowest BCUT2D eigenvalue weighted by atomic mass is 10.1. The van der Waals surface area contributed by atoms with Gasteiger partial charge in [-0.1, -0.05) is 35.9 Å². The summed E-state index contributed by atoms with van der Waals surface area (Å²) < 4.78 is 7.76. The number of benzene rings is 1. The van der Waals surface area contributed by atoms with Crippen molar-refractivity contribution >= 4 is 23.3 Å². The fourth-order valence-electron chi connectivity index (χ4n) is 3.36. The second-order valence-electron chi connectivity index (χ2n) is 7.37. The third-order valence-corrected chi connectivity index (χ3v) is 5.70. The molecular weight excluding hydrogens is 410 g/mol. The van der Waals surface area contributed by atoms with Crippen LogP contribution in [0.15, 0.2) is 59.3 Å². The van der Waals surface area contributed by atoms with E-state index in [1.165, 1.54) is 5.56 Å². The Morgan fingerprint density at radius 2 is 2.03 bits per heavy atom. The number of nitrogens with one attached hydrogen (secondary N) is 1. The Kier molecular flexibility index (Phi) is 6.66. The van der Waals surface area contributed by atoms with Crippen molar-refractivity contribution in [2.45, 2.75) is 32.2 Å². The van der Waals surface area contributed by atoms with Gasteiger partial charge in [-0.05, 0) is 37.5 Å². The van der Waals surface area contributed by atoms with Crippen molar-refractivity contribution < 1.29 is 9.21 Å². The third kappa shape index (κ3) is 5.14. The molecule has 160 valence electrons. The van der Waals surface area contributed by atoms with Crippen LogP contribution in [-0.2, 0) is 11.2 Å². The molecule has 7 nitrogen and oxygen atoms in total. The van der Waals surface area contributed by atoms with E-state index in [4.69, 9.17) is 4.42 Å². The van der Waals surface area contributed by atoms with Crippen molar-refractivity contribution in [3.8, 4) is 11.3 Å². The summed E-state index contributed by atoms with van der Waals surface area (Å²) in [7, 11) is 0. The number of thioether (sulfide) groups is 1. The van der Waals surface area contributed by atoms with Crippen LogP contribution in [-0.4, -0.2) is 37.5 Å². The van der Waals surface area contributed by atoms with Gasteiger partial charge in [0.05, 0.1) is 12.2 Å². The number of aromatic nitrogens is 4. The van der Waals surface area contributed by atoms with E-state index in [1.807, 2.05) is 60.0 Å². The van der Waals surface area contributed by atoms with Gasteiger partial charge in [-0.2, -0.15) is 11.8 Å². The first kappa shape index (κ1) is 21.1. The quantitative estimate of drug-likeness (QED) is 0.423. The van der Waals surface area contributed by atoms with E-state index in [0.29, 0.717) is 24.5 Å². The van der Waals surface area contributed by atoms with Crippen LogP contribution >= 0.6 is 11.8 Å². The lowest BCUT2D eigenvalue weighted by Crippen LogP contribution is -2.30. The van der Waals surface area contributed by atoms with Gasteiger partial charge in [0, 0.05) is 24.6 Å². The summed E-state index contributed by atoms with van der Waals surface area (Å²) in [5, 5.41) is 11.7. The van der Waals surface area contributed by atoms with Crippen LogP contribution in [0.2, 0.25) is 0 Å². The molecule has 1 aromatic carbocycles. The standard InChI is InChI=1S/C23H25N5O2S/c1-16-6-8-17(9-7-16)19-15-24-22(30-19)11-10-21(29)25-18(12-14-31-2)23-27-26-20-5-3-4-13-28(20)23/h3-9,13,15,18H,10-12,14H2,1-2H3,(H,25,29). The largest absolute Gasteiger partial charge is 0.441 e. The SMILES string of the molecule is CSCCC(NC(=O)CCc1ncc(-c2ccc(C)cc2)o1)c1nnc2ccccn12. The Balaban J connectivity index is 1.40. The molecule has 4 rings (SSSR count). The number of pyridine rings is 1. The van der Waals surface area contributed by atoms with Crippen LogP contribution in [0.5, 0.6) is 0 Å². The zero-order valence-corrected chi connectivity index (χ0v) is 18.4. The zero-order valence-electron chi connectivity index (χ0n) is 17.6. The van der Waals surface area contributed by atoms with Gasteiger partial charge in [0.1, 0.15) is 0 Å². The minimum absolute atomic E-state index is 0.0612. The van der Waals surface area contributed by atoms with E-state index in [1.54, 1.807) is 18.0 Å². The Labute approximate surface area is 185 Å². The number of carbonyl (C=O) groups excluding carboxylic acids is 1. The highest BCUT2D eigenvalue weighted by Gasteiger charge is 2.20. The molecule has 3 aromatic heterocycles. The summed E-state index contributed by atoms with van der Waals surface area (Å²) in [5.74, 6) is 2.86. The maximum atomic E-state index is 12.7. The van der Waals surface area contributed by atoms with Crippen molar-refractivity contribution in [2.75, 3.05) is 12.0 Å². The maximum Gasteiger partial charge on any atom is 0.221 e. The molecule has 0 radical (unpaired) electrons. The number of hydrogen-bond donors (Lipinski definition) is 1. The molecule has 0 saturated heterocycles. The van der Waals surface area contributed by atoms with Crippen LogP contribution in [0.1, 0.15) is 36.2 Å². The number of carbonyl (C=O) groups is 1. The number of amides is 1. The molecule has 0 aliphatic heterocycles. The van der Waals surface area contributed by atoms with E-state index in [0.717, 1.165) is 29.2 Å². The number of aryl methyl sites for hydroxylation is 2. The molecule has 1 amide bonds. The highest BCUT2D eigenvalue weighted by atomic mass is 32.2. The third-order valence-electron chi connectivity index (χ3n) is 5.05. The first-order chi connectivity index (χ1) is 15.1. The van der Waals surface area contributed by atoms with Crippen molar-refractivity contribution in [3.05, 3.63) is 72.1 Å². The summed E-state index contributed by atoms with van der Waals surface area (Å²) in [5.41, 5.74) is 2.94. The summed E-state index contributed by atoms with van der Waals surface area (Å²) in [6, 6.07) is 13.6. The molecule has 3 heterocycles. The zero-order chi connectivity index (χ0) is 21.6. The van der Waals surface area contributed by atoms with Crippen molar-refractivity contribution in [2.24, 2.45) is 0 Å². The minimum Gasteiger partial charge on any atom is -0.441 e. The topological polar surface area (TPSA) is 85.3 Å². The van der Waals surface area contributed by atoms with Gasteiger partial charge >= 0.3 is 0 Å². The Morgan fingerprint density at radius 1 is 1.19 bits per heavy atom. The van der Waals surface area contributed by atoms with Gasteiger partial charge in [-0.15, -0.1) is 10.2 Å². The molecule has 0 aliphatic carbocycles. The average Bonchev–Trinajstić information content (AvgIpc) is 3.43. The highest BCUT2D eigenvalue weighted by Crippen LogP contribution is 2.22. The predicted molar refractivity (Wildman–Crippen MR) is 122 cm³/mol. The molecule has 1 atom stereocenters. The lowest BCUT2D eigenvalue weighted by Gasteiger charge is -2.16. The molecule has 31 heavy (non-hydrogen) atoms. The summed E-state index contributed by atoms with van der Waals surface area (Å²) in [6.45, 7) is 2.04. The molecule has 8 heteroatoms. The van der Waals surface area contributed by atoms with Crippen LogP contribution in [0.3, 0.4) is 0 Å². The summed E-state index contributed by atoms with van der Waals surface area (Å²) >= 11 is 1.74. The molecule has 0 spiro atoms. The first-order valence-corrected chi connectivity index (χ1v) is 11.6. The van der Waals surface area contributed by atoms with E-state index >= 15 is 0 Å². The molecule has 0 aliphatic rings. The Morgan fingerprint density at radius 3 is 2.84 bits per heavy atom. The molecule has 1 unspecified atom stereocenters. The monoisotopic (exact) mass is 435 g/mol. The van der Waals surface area contributed by atoms with Crippen LogP contribution in [0, 0.1) is 6.92 Å². The average molecular weight is 436 g/mol. The smallest absolute Gasteiger partial charge is 0.221 e. The number of rotatable bonds is 9. The predicted octanol–water partition coefficient (Wildman–Crippen LogP) is 4.24. The minimum atomic E-state index is -0.204. The van der Waals surface area contributed by atoms with Gasteiger partial charge in [0.15, 0.2) is 23.1 Å². The van der Waals surface area contributed by atoms with Gasteiger partial charge in [0.2, 0.25) is 5.91 Å². The second-order valence-corrected chi connectivity index (χ2v) is 8.36. The normalized spacial score (nSPS) is 12.2. The van der Waals surface area contributed by atoms with Crippen LogP contribution in [0.25, 0.3) is 17.0 Å². The van der Waals surface area contributed by atoms with Crippen LogP contribution in [0.4, 0.5) is 0 Å². The van der Waals surface area contributed by atoms with Gasteiger partial charge in [-0.3, -0.25) is 9.20 Å². The second kappa shape index (κ2) is 9.78. The lowest BCUT2D eigenvalue weighted by molar-refractivity contribution is -0.122. The molecule has 0 fully saturated rings. The molecule has 4 aromatic rings. The van der Waals surface area contributed by atoms with Gasteiger partial charge in [-0.25, -0.2) is 4.98 Å². The number of fused-ring (bicyclic) bond motifs is 1. The highest BCUT2D eigenvalue weighted by molar-refractivity contribution is 7.98. The number of hydrogen-bond acceptors (Lipinski definition) is 6. The summed E-state index contributed by atoms with van der Waals surface area (Å²) in [4.78, 5) is 17.0. The Hall–Kier alpha value is -3.13. The molecule has 0 bridgehead atoms. The van der Waals surface area contributed by atoms with E-state index in [9.17, 15) is 4.79 Å². The maximum absolute atomic E-state index is 12.7. The van der Waals surface area contributed by atoms with E-state index in [-0.39, 0.29) is 11.9 Å². The van der Waals surface area contributed by atoms with Crippen molar-refractivity contribution in [1.82, 2.24) is 24.9 Å². The number of nitrogens with zero attached hydrogens (tertiary/aromatic N) is 4. The van der Waals surface area contributed by atoms with E-state index in [2.05, 4.69) is 26.8 Å². The number of oxazole rings is 1. The molecule has 0 saturated carbocycles. The van der Waals surface area contributed by atoms with Gasteiger partial charge in [0.25, 0.3) is 0 Å². The van der Waals surface area contributed by atoms with Gasteiger partial charge < -0.3 is 9.73 Å². The fraction of sp³-hybridized carbons (Fsp3) is 0.304. The fourth-order valence-corrected chi connectivity index (χ4v) is 3.83.